The zero-order valence-corrected chi connectivity index (χ0v) is 19.4. The van der Waals surface area contributed by atoms with Crippen LogP contribution in [0.1, 0.15) is 32.9 Å². The van der Waals surface area contributed by atoms with E-state index in [-0.39, 0.29) is 11.6 Å². The Hall–Kier alpha value is -3.23. The predicted molar refractivity (Wildman–Crippen MR) is 127 cm³/mol. The number of hydrogen-bond donors (Lipinski definition) is 1. The van der Waals surface area contributed by atoms with Crippen LogP contribution >= 0.6 is 23.4 Å². The quantitative estimate of drug-likeness (QED) is 0.312. The highest BCUT2D eigenvalue weighted by Gasteiger charge is 2.22. The third-order valence-electron chi connectivity index (χ3n) is 4.90. The van der Waals surface area contributed by atoms with E-state index >= 15 is 0 Å². The Morgan fingerprint density at radius 3 is 2.56 bits per heavy atom. The molecule has 9 heteroatoms. The highest BCUT2D eigenvalue weighted by Crippen LogP contribution is 2.26. The van der Waals surface area contributed by atoms with Crippen molar-refractivity contribution in [3.05, 3.63) is 88.0 Å². The van der Waals surface area contributed by atoms with Gasteiger partial charge in [0.05, 0.1) is 11.4 Å². The van der Waals surface area contributed by atoms with Crippen molar-refractivity contribution in [2.75, 3.05) is 5.32 Å². The first kappa shape index (κ1) is 22.0. The molecular weight excluding hydrogens is 444 g/mol. The fourth-order valence-corrected chi connectivity index (χ4v) is 4.04. The molecule has 0 radical (unpaired) electrons. The standard InChI is InChI=1S/C23H21ClN6OS/c1-14-5-6-16(3)19(11-14)27-22(31)21-20(13-32-23-25-9-4-10-26-23)30(29-28-21)17-8-7-15(2)18(24)12-17/h4-12H,13H2,1-3H3,(H,27,31). The predicted octanol–water partition coefficient (Wildman–Crippen LogP) is 5.18. The fraction of sp³-hybridized carbons (Fsp3) is 0.174. The molecule has 162 valence electrons. The summed E-state index contributed by atoms with van der Waals surface area (Å²) < 4.78 is 1.64. The second kappa shape index (κ2) is 9.50. The number of aromatic nitrogens is 5. The van der Waals surface area contributed by atoms with Gasteiger partial charge in [0, 0.05) is 28.9 Å². The SMILES string of the molecule is Cc1ccc(C)c(NC(=O)c2nnn(-c3ccc(C)c(Cl)c3)c2CSc2ncccn2)c1. The van der Waals surface area contributed by atoms with Crippen LogP contribution < -0.4 is 5.32 Å². The second-order valence-electron chi connectivity index (χ2n) is 7.32. The van der Waals surface area contributed by atoms with E-state index in [0.29, 0.717) is 21.6 Å². The average Bonchev–Trinajstić information content (AvgIpc) is 3.21. The summed E-state index contributed by atoms with van der Waals surface area (Å²) in [5, 5.41) is 12.7. The Bertz CT molecular complexity index is 1270. The van der Waals surface area contributed by atoms with Crippen molar-refractivity contribution in [2.24, 2.45) is 0 Å². The van der Waals surface area contributed by atoms with Gasteiger partial charge in [0.1, 0.15) is 0 Å². The van der Waals surface area contributed by atoms with Gasteiger partial charge in [-0.15, -0.1) is 5.10 Å². The molecule has 0 fully saturated rings. The number of nitrogens with zero attached hydrogens (tertiary/aromatic N) is 5. The van der Waals surface area contributed by atoms with Crippen molar-refractivity contribution in [3.8, 4) is 5.69 Å². The first-order valence-corrected chi connectivity index (χ1v) is 11.3. The van der Waals surface area contributed by atoms with Gasteiger partial charge in [-0.2, -0.15) is 0 Å². The summed E-state index contributed by atoms with van der Waals surface area (Å²) in [5.74, 6) is 0.0747. The lowest BCUT2D eigenvalue weighted by Gasteiger charge is -2.11. The molecular formula is C23H21ClN6OS. The molecule has 32 heavy (non-hydrogen) atoms. The molecule has 7 nitrogen and oxygen atoms in total. The Morgan fingerprint density at radius 2 is 1.81 bits per heavy atom. The number of rotatable bonds is 6. The van der Waals surface area contributed by atoms with E-state index in [2.05, 4.69) is 25.6 Å². The first-order chi connectivity index (χ1) is 15.4. The van der Waals surface area contributed by atoms with Crippen molar-refractivity contribution < 1.29 is 4.79 Å². The Balaban J connectivity index is 1.70. The van der Waals surface area contributed by atoms with Crippen molar-refractivity contribution in [3.63, 3.8) is 0 Å². The highest BCUT2D eigenvalue weighted by molar-refractivity contribution is 7.98. The van der Waals surface area contributed by atoms with Gasteiger partial charge in [-0.1, -0.05) is 46.8 Å². The number of halogens is 1. The second-order valence-corrected chi connectivity index (χ2v) is 8.67. The maximum atomic E-state index is 13.2. The summed E-state index contributed by atoms with van der Waals surface area (Å²) in [6.45, 7) is 5.86. The Labute approximate surface area is 195 Å². The maximum Gasteiger partial charge on any atom is 0.278 e. The van der Waals surface area contributed by atoms with Crippen molar-refractivity contribution in [2.45, 2.75) is 31.7 Å². The molecule has 0 bridgehead atoms. The molecule has 0 saturated heterocycles. The van der Waals surface area contributed by atoms with Gasteiger partial charge >= 0.3 is 0 Å². The topological polar surface area (TPSA) is 85.6 Å². The zero-order chi connectivity index (χ0) is 22.7. The van der Waals surface area contributed by atoms with Crippen LogP contribution in [0.15, 0.2) is 60.0 Å². The average molecular weight is 465 g/mol. The lowest BCUT2D eigenvalue weighted by molar-refractivity contribution is 0.102. The molecule has 0 atom stereocenters. The molecule has 0 aliphatic heterocycles. The number of aryl methyl sites for hydroxylation is 3. The maximum absolute atomic E-state index is 13.2. The van der Waals surface area contributed by atoms with Crippen molar-refractivity contribution in [1.29, 1.82) is 0 Å². The minimum Gasteiger partial charge on any atom is -0.320 e. The van der Waals surface area contributed by atoms with E-state index in [0.717, 1.165) is 28.1 Å². The Morgan fingerprint density at radius 1 is 1.06 bits per heavy atom. The van der Waals surface area contributed by atoms with E-state index in [9.17, 15) is 4.79 Å². The monoisotopic (exact) mass is 464 g/mol. The van der Waals surface area contributed by atoms with Crippen LogP contribution in [-0.4, -0.2) is 30.9 Å². The number of thioether (sulfide) groups is 1. The summed E-state index contributed by atoms with van der Waals surface area (Å²) in [4.78, 5) is 21.7. The van der Waals surface area contributed by atoms with Crippen LogP contribution in [0.2, 0.25) is 5.02 Å². The van der Waals surface area contributed by atoms with Crippen LogP contribution in [0.3, 0.4) is 0 Å². The summed E-state index contributed by atoms with van der Waals surface area (Å²) in [6, 6.07) is 13.3. The third kappa shape index (κ3) is 4.81. The minimum absolute atomic E-state index is 0.242. The summed E-state index contributed by atoms with van der Waals surface area (Å²) >= 11 is 7.73. The molecule has 2 heterocycles. The van der Waals surface area contributed by atoms with E-state index < -0.39 is 0 Å². The van der Waals surface area contributed by atoms with E-state index in [1.165, 1.54) is 11.8 Å². The van der Waals surface area contributed by atoms with Gasteiger partial charge < -0.3 is 5.32 Å². The number of benzene rings is 2. The van der Waals surface area contributed by atoms with Crippen LogP contribution in [0.4, 0.5) is 5.69 Å². The number of amides is 1. The van der Waals surface area contributed by atoms with Gasteiger partial charge in [0.2, 0.25) is 0 Å². The van der Waals surface area contributed by atoms with E-state index in [1.54, 1.807) is 23.1 Å². The molecule has 0 spiro atoms. The number of carbonyl (C=O) groups excluding carboxylic acids is 1. The van der Waals surface area contributed by atoms with Crippen molar-refractivity contribution in [1.82, 2.24) is 25.0 Å². The largest absolute Gasteiger partial charge is 0.320 e. The van der Waals surface area contributed by atoms with Crippen LogP contribution in [0, 0.1) is 20.8 Å². The Kier molecular flexibility index (Phi) is 6.53. The molecule has 0 aliphatic carbocycles. The fourth-order valence-electron chi connectivity index (χ4n) is 3.07. The van der Waals surface area contributed by atoms with E-state index in [1.807, 2.05) is 57.2 Å². The normalized spacial score (nSPS) is 10.9. The number of anilines is 1. The lowest BCUT2D eigenvalue weighted by Crippen LogP contribution is -2.16. The van der Waals surface area contributed by atoms with Gasteiger partial charge in [-0.25, -0.2) is 14.6 Å². The minimum atomic E-state index is -0.326. The highest BCUT2D eigenvalue weighted by atomic mass is 35.5. The third-order valence-corrected chi connectivity index (χ3v) is 6.19. The van der Waals surface area contributed by atoms with Crippen LogP contribution in [0.25, 0.3) is 5.69 Å². The lowest BCUT2D eigenvalue weighted by atomic mass is 10.1. The molecule has 2 aromatic carbocycles. The molecule has 0 aliphatic rings. The summed E-state index contributed by atoms with van der Waals surface area (Å²) in [5.41, 5.74) is 5.32. The van der Waals surface area contributed by atoms with Crippen LogP contribution in [-0.2, 0) is 5.75 Å². The molecule has 1 amide bonds. The molecule has 0 saturated carbocycles. The van der Waals surface area contributed by atoms with Gasteiger partial charge in [0.15, 0.2) is 10.9 Å². The van der Waals surface area contributed by atoms with Gasteiger partial charge in [-0.3, -0.25) is 4.79 Å². The molecule has 4 rings (SSSR count). The van der Waals surface area contributed by atoms with Gasteiger partial charge in [0.25, 0.3) is 5.91 Å². The molecule has 1 N–H and O–H groups in total. The summed E-state index contributed by atoms with van der Waals surface area (Å²) in [7, 11) is 0. The molecule has 0 unspecified atom stereocenters. The zero-order valence-electron chi connectivity index (χ0n) is 17.8. The molecule has 2 aromatic heterocycles. The van der Waals surface area contributed by atoms with E-state index in [4.69, 9.17) is 11.6 Å². The number of carbonyl (C=O) groups is 1. The molecule has 4 aromatic rings. The number of nitrogens with one attached hydrogen (secondary N) is 1. The smallest absolute Gasteiger partial charge is 0.278 e. The van der Waals surface area contributed by atoms with Crippen molar-refractivity contribution >= 4 is 35.0 Å². The summed E-state index contributed by atoms with van der Waals surface area (Å²) in [6.07, 6.45) is 3.36. The number of hydrogen-bond acceptors (Lipinski definition) is 6. The van der Waals surface area contributed by atoms with Gasteiger partial charge in [-0.05, 0) is 61.7 Å². The van der Waals surface area contributed by atoms with Crippen LogP contribution in [0.5, 0.6) is 0 Å². The first-order valence-electron chi connectivity index (χ1n) is 9.92.